The molecule has 0 fully saturated rings. The van der Waals surface area contributed by atoms with E-state index in [2.05, 4.69) is 15.9 Å². The van der Waals surface area contributed by atoms with Crippen molar-refractivity contribution in [1.82, 2.24) is 0 Å². The molecule has 0 aliphatic carbocycles. The quantitative estimate of drug-likeness (QED) is 0.647. The smallest absolute Gasteiger partial charge is 0.126 e. The average molecular weight is 202 g/mol. The first-order valence-electron chi connectivity index (χ1n) is 2.98. The first kappa shape index (κ1) is 7.73. The van der Waals surface area contributed by atoms with E-state index >= 15 is 0 Å². The summed E-state index contributed by atoms with van der Waals surface area (Å²) < 4.78 is 12.7. The van der Waals surface area contributed by atoms with Crippen LogP contribution in [0.3, 0.4) is 0 Å². The Morgan fingerprint density at radius 2 is 2.10 bits per heavy atom. The highest BCUT2D eigenvalue weighted by Gasteiger charge is 1.97. The van der Waals surface area contributed by atoms with E-state index in [1.165, 1.54) is 6.07 Å². The summed E-state index contributed by atoms with van der Waals surface area (Å²) in [6.07, 6.45) is 1.79. The van der Waals surface area contributed by atoms with Crippen molar-refractivity contribution in [3.63, 3.8) is 0 Å². The molecule has 10 heavy (non-hydrogen) atoms. The zero-order chi connectivity index (χ0) is 7.40. The monoisotopic (exact) mass is 201 g/mol. The van der Waals surface area contributed by atoms with Crippen molar-refractivity contribution in [3.05, 3.63) is 42.1 Å². The highest BCUT2D eigenvalue weighted by atomic mass is 79.9. The van der Waals surface area contributed by atoms with Crippen LogP contribution in [0.2, 0.25) is 0 Å². The molecule has 0 unspecified atom stereocenters. The molecule has 0 atom stereocenters. The molecule has 1 aromatic rings. The fourth-order valence-corrected chi connectivity index (χ4v) is 1.07. The summed E-state index contributed by atoms with van der Waals surface area (Å²) in [4.78, 5) is 0. The second-order valence-electron chi connectivity index (χ2n) is 1.88. The molecule has 0 aliphatic rings. The van der Waals surface area contributed by atoms with E-state index in [0.717, 1.165) is 0 Å². The Bertz CT molecular complexity index is 210. The lowest BCUT2D eigenvalue weighted by Gasteiger charge is -1.96. The Morgan fingerprint density at radius 3 is 2.70 bits per heavy atom. The van der Waals surface area contributed by atoms with E-state index in [4.69, 9.17) is 0 Å². The minimum Gasteiger partial charge on any atom is -0.207 e. The summed E-state index contributed by atoms with van der Waals surface area (Å²) in [5, 5.41) is 0.688. The Balaban J connectivity index is 2.81. The largest absolute Gasteiger partial charge is 0.207 e. The molecule has 0 spiro atoms. The minimum absolute atomic E-state index is 0.165. The van der Waals surface area contributed by atoms with Crippen molar-refractivity contribution in [1.29, 1.82) is 0 Å². The molecule has 0 nitrogen and oxygen atoms in total. The summed E-state index contributed by atoms with van der Waals surface area (Å²) in [5.41, 5.74) is 0.652. The van der Waals surface area contributed by atoms with Crippen LogP contribution in [0.25, 0.3) is 0 Å². The first-order valence-corrected chi connectivity index (χ1v) is 4.10. The van der Waals surface area contributed by atoms with Crippen LogP contribution in [0.15, 0.2) is 24.3 Å². The second kappa shape index (κ2) is 3.71. The molecule has 1 aromatic carbocycles. The van der Waals surface area contributed by atoms with Crippen molar-refractivity contribution in [2.24, 2.45) is 0 Å². The van der Waals surface area contributed by atoms with Gasteiger partial charge in [-0.3, -0.25) is 0 Å². The Morgan fingerprint density at radius 1 is 1.40 bits per heavy atom. The lowest BCUT2D eigenvalue weighted by molar-refractivity contribution is 0.620. The normalized spacial score (nSPS) is 9.80. The van der Waals surface area contributed by atoms with Gasteiger partial charge in [-0.05, 0) is 11.6 Å². The van der Waals surface area contributed by atoms with E-state index < -0.39 is 0 Å². The maximum absolute atomic E-state index is 12.7. The highest BCUT2D eigenvalue weighted by molar-refractivity contribution is 9.09. The van der Waals surface area contributed by atoms with Crippen molar-refractivity contribution < 1.29 is 4.39 Å². The van der Waals surface area contributed by atoms with Gasteiger partial charge in [0.25, 0.3) is 0 Å². The summed E-state index contributed by atoms with van der Waals surface area (Å²) in [5.74, 6) is -0.165. The van der Waals surface area contributed by atoms with E-state index in [1.807, 2.05) is 6.07 Å². The van der Waals surface area contributed by atoms with Crippen LogP contribution in [0.5, 0.6) is 0 Å². The third-order valence-electron chi connectivity index (χ3n) is 1.20. The standard InChI is InChI=1S/C8H7BrF/c9-6-5-7-3-1-2-4-8(7)10/h1-5H,6H2. The lowest BCUT2D eigenvalue weighted by atomic mass is 10.2. The molecule has 0 saturated heterocycles. The maximum atomic E-state index is 12.7. The molecular formula is C8H7BrF. The van der Waals surface area contributed by atoms with Crippen molar-refractivity contribution in [2.75, 3.05) is 5.33 Å². The van der Waals surface area contributed by atoms with Gasteiger partial charge in [0, 0.05) is 11.8 Å². The van der Waals surface area contributed by atoms with Crippen LogP contribution in [0, 0.1) is 12.2 Å². The van der Waals surface area contributed by atoms with Gasteiger partial charge >= 0.3 is 0 Å². The van der Waals surface area contributed by atoms with Crippen molar-refractivity contribution in [2.45, 2.75) is 0 Å². The maximum Gasteiger partial charge on any atom is 0.126 e. The molecule has 0 aromatic heterocycles. The summed E-state index contributed by atoms with van der Waals surface area (Å²) in [7, 11) is 0. The van der Waals surface area contributed by atoms with Crippen molar-refractivity contribution >= 4 is 15.9 Å². The SMILES string of the molecule is Fc1ccccc1[CH]CBr. The van der Waals surface area contributed by atoms with Gasteiger partial charge in [-0.15, -0.1) is 0 Å². The first-order chi connectivity index (χ1) is 4.84. The number of halogens is 2. The third kappa shape index (κ3) is 1.81. The molecule has 0 amide bonds. The second-order valence-corrected chi connectivity index (χ2v) is 2.53. The van der Waals surface area contributed by atoms with Gasteiger partial charge in [-0.2, -0.15) is 0 Å². The number of rotatable bonds is 2. The van der Waals surface area contributed by atoms with Crippen LogP contribution in [0.1, 0.15) is 5.56 Å². The highest BCUT2D eigenvalue weighted by Crippen LogP contribution is 2.09. The van der Waals surface area contributed by atoms with Crippen molar-refractivity contribution in [3.8, 4) is 0 Å². The van der Waals surface area contributed by atoms with E-state index in [0.29, 0.717) is 10.9 Å². The molecule has 0 bridgehead atoms. The van der Waals surface area contributed by atoms with Gasteiger partial charge < -0.3 is 0 Å². The molecular weight excluding hydrogens is 195 g/mol. The fraction of sp³-hybridized carbons (Fsp3) is 0.125. The number of alkyl halides is 1. The Hall–Kier alpha value is -0.370. The number of hydrogen-bond acceptors (Lipinski definition) is 0. The molecule has 0 aliphatic heterocycles. The van der Waals surface area contributed by atoms with Gasteiger partial charge in [0.1, 0.15) is 5.82 Å². The van der Waals surface area contributed by atoms with Gasteiger partial charge in [-0.25, -0.2) is 4.39 Å². The molecule has 1 rings (SSSR count). The van der Waals surface area contributed by atoms with Crippen LogP contribution >= 0.6 is 15.9 Å². The summed E-state index contributed by atoms with van der Waals surface area (Å²) in [6, 6.07) is 6.70. The van der Waals surface area contributed by atoms with Crippen LogP contribution in [-0.2, 0) is 0 Å². The van der Waals surface area contributed by atoms with Crippen LogP contribution in [-0.4, -0.2) is 5.33 Å². The fourth-order valence-electron chi connectivity index (χ4n) is 0.724. The zero-order valence-electron chi connectivity index (χ0n) is 5.35. The van der Waals surface area contributed by atoms with Gasteiger partial charge in [0.15, 0.2) is 0 Å². The van der Waals surface area contributed by atoms with Crippen LogP contribution < -0.4 is 0 Å². The molecule has 0 heterocycles. The third-order valence-corrected chi connectivity index (χ3v) is 1.53. The summed E-state index contributed by atoms with van der Waals surface area (Å²) in [6.45, 7) is 0. The topological polar surface area (TPSA) is 0 Å². The van der Waals surface area contributed by atoms with E-state index in [9.17, 15) is 4.39 Å². The van der Waals surface area contributed by atoms with E-state index in [-0.39, 0.29) is 5.82 Å². The zero-order valence-corrected chi connectivity index (χ0v) is 6.94. The molecule has 0 saturated carbocycles. The van der Waals surface area contributed by atoms with Gasteiger partial charge in [-0.1, -0.05) is 34.1 Å². The molecule has 0 N–H and O–H groups in total. The lowest BCUT2D eigenvalue weighted by Crippen LogP contribution is -1.86. The van der Waals surface area contributed by atoms with E-state index in [1.54, 1.807) is 18.6 Å². The Labute approximate surface area is 68.2 Å². The average Bonchev–Trinajstić information content (AvgIpc) is 1.94. The van der Waals surface area contributed by atoms with Gasteiger partial charge in [0.05, 0.1) is 0 Å². The molecule has 1 radical (unpaired) electrons. The van der Waals surface area contributed by atoms with Gasteiger partial charge in [0.2, 0.25) is 0 Å². The molecule has 2 heteroatoms. The predicted molar refractivity (Wildman–Crippen MR) is 43.6 cm³/mol. The predicted octanol–water partition coefficient (Wildman–Crippen LogP) is 2.77. The Kier molecular flexibility index (Phi) is 2.87. The summed E-state index contributed by atoms with van der Waals surface area (Å²) >= 11 is 3.20. The number of benzene rings is 1. The number of hydrogen-bond donors (Lipinski definition) is 0. The molecule has 53 valence electrons. The van der Waals surface area contributed by atoms with Crippen LogP contribution in [0.4, 0.5) is 4.39 Å². The minimum atomic E-state index is -0.165.